The van der Waals surface area contributed by atoms with Crippen molar-refractivity contribution in [3.8, 4) is 0 Å². The molecule has 0 bridgehead atoms. The number of nitrogens with two attached hydrogens (primary N) is 1. The number of aliphatic carboxylic acids is 1. The SMILES string of the molecule is CC1(C)CCCN(C(=O)[C@H](N)C(C)(C)C)C1C(=O)O. The summed E-state index contributed by atoms with van der Waals surface area (Å²) in [5, 5.41) is 9.44. The number of hydrogen-bond donors (Lipinski definition) is 2. The smallest absolute Gasteiger partial charge is 0.326 e. The maximum absolute atomic E-state index is 12.5. The molecule has 1 heterocycles. The number of carbonyl (C=O) groups is 2. The van der Waals surface area contributed by atoms with E-state index in [-0.39, 0.29) is 11.3 Å². The number of nitrogens with zero attached hydrogens (tertiary/aromatic N) is 1. The van der Waals surface area contributed by atoms with Crippen molar-refractivity contribution in [3.05, 3.63) is 0 Å². The molecule has 3 N–H and O–H groups in total. The molecule has 1 rings (SSSR count). The van der Waals surface area contributed by atoms with Gasteiger partial charge < -0.3 is 15.7 Å². The Kier molecular flexibility index (Phi) is 4.30. The average molecular weight is 270 g/mol. The molecule has 1 amide bonds. The Morgan fingerprint density at radius 2 is 1.89 bits per heavy atom. The minimum absolute atomic E-state index is 0.257. The molecule has 0 aromatic heterocycles. The van der Waals surface area contributed by atoms with Gasteiger partial charge in [-0.15, -0.1) is 0 Å². The first kappa shape index (κ1) is 16.0. The van der Waals surface area contributed by atoms with Crippen LogP contribution in [0, 0.1) is 10.8 Å². The molecular weight excluding hydrogens is 244 g/mol. The quantitative estimate of drug-likeness (QED) is 0.795. The zero-order valence-corrected chi connectivity index (χ0v) is 12.6. The molecule has 110 valence electrons. The van der Waals surface area contributed by atoms with Crippen LogP contribution < -0.4 is 5.73 Å². The average Bonchev–Trinajstić information content (AvgIpc) is 2.23. The van der Waals surface area contributed by atoms with Gasteiger partial charge in [-0.1, -0.05) is 34.6 Å². The standard InChI is InChI=1S/C14H26N2O3/c1-13(2,3)9(15)11(17)16-8-6-7-14(4,5)10(16)12(18)19/h9-10H,6-8,15H2,1-5H3,(H,18,19)/t9-,10?/m0/s1. The summed E-state index contributed by atoms with van der Waals surface area (Å²) in [5.74, 6) is -1.20. The summed E-state index contributed by atoms with van der Waals surface area (Å²) in [6.07, 6.45) is 1.62. The summed E-state index contributed by atoms with van der Waals surface area (Å²) >= 11 is 0. The van der Waals surface area contributed by atoms with Gasteiger partial charge in [0.1, 0.15) is 6.04 Å². The van der Waals surface area contributed by atoms with Crippen LogP contribution in [0.15, 0.2) is 0 Å². The number of rotatable bonds is 2. The van der Waals surface area contributed by atoms with Gasteiger partial charge >= 0.3 is 5.97 Å². The normalized spacial score (nSPS) is 24.9. The van der Waals surface area contributed by atoms with E-state index in [2.05, 4.69) is 0 Å². The summed E-state index contributed by atoms with van der Waals surface area (Å²) < 4.78 is 0. The fraction of sp³-hybridized carbons (Fsp3) is 0.857. The number of carbonyl (C=O) groups excluding carboxylic acids is 1. The van der Waals surface area contributed by atoms with Gasteiger partial charge in [-0.3, -0.25) is 4.79 Å². The lowest BCUT2D eigenvalue weighted by molar-refractivity contribution is -0.160. The minimum atomic E-state index is -0.945. The topological polar surface area (TPSA) is 83.6 Å². The van der Waals surface area contributed by atoms with Crippen LogP contribution >= 0.6 is 0 Å². The molecule has 1 saturated heterocycles. The number of carboxylic acid groups (broad SMARTS) is 1. The van der Waals surface area contributed by atoms with Gasteiger partial charge in [-0.25, -0.2) is 4.79 Å². The van der Waals surface area contributed by atoms with Gasteiger partial charge in [0.05, 0.1) is 6.04 Å². The minimum Gasteiger partial charge on any atom is -0.480 e. The molecular formula is C14H26N2O3. The van der Waals surface area contributed by atoms with Crippen LogP contribution in [0.25, 0.3) is 0 Å². The molecule has 0 aromatic carbocycles. The second-order valence-electron chi connectivity index (χ2n) is 7.21. The Hall–Kier alpha value is -1.10. The van der Waals surface area contributed by atoms with E-state index >= 15 is 0 Å². The first-order chi connectivity index (χ1) is 8.48. The van der Waals surface area contributed by atoms with E-state index in [0.29, 0.717) is 6.54 Å². The van der Waals surface area contributed by atoms with Crippen molar-refractivity contribution in [1.29, 1.82) is 0 Å². The van der Waals surface area contributed by atoms with Gasteiger partial charge in [-0.05, 0) is 23.7 Å². The van der Waals surface area contributed by atoms with Crippen LogP contribution in [-0.4, -0.2) is 40.5 Å². The van der Waals surface area contributed by atoms with Gasteiger partial charge in [0.25, 0.3) is 0 Å². The lowest BCUT2D eigenvalue weighted by atomic mass is 9.75. The first-order valence-corrected chi connectivity index (χ1v) is 6.77. The van der Waals surface area contributed by atoms with Crippen LogP contribution in [-0.2, 0) is 9.59 Å². The third-order valence-corrected chi connectivity index (χ3v) is 3.99. The Labute approximate surface area is 115 Å². The maximum atomic E-state index is 12.5. The molecule has 5 heteroatoms. The summed E-state index contributed by atoms with van der Waals surface area (Å²) in [5.41, 5.74) is 5.20. The highest BCUT2D eigenvalue weighted by atomic mass is 16.4. The number of likely N-dealkylation sites (tertiary alicyclic amines) is 1. The predicted octanol–water partition coefficient (Wildman–Crippen LogP) is 1.46. The number of amides is 1. The Bertz CT molecular complexity index is 371. The number of carboxylic acids is 1. The number of piperidine rings is 1. The van der Waals surface area contributed by atoms with E-state index in [1.54, 1.807) is 0 Å². The van der Waals surface area contributed by atoms with Crippen molar-refractivity contribution in [3.63, 3.8) is 0 Å². The molecule has 5 nitrogen and oxygen atoms in total. The fourth-order valence-electron chi connectivity index (χ4n) is 2.65. The molecule has 19 heavy (non-hydrogen) atoms. The van der Waals surface area contributed by atoms with E-state index in [9.17, 15) is 14.7 Å². The predicted molar refractivity (Wildman–Crippen MR) is 73.6 cm³/mol. The van der Waals surface area contributed by atoms with Crippen molar-refractivity contribution >= 4 is 11.9 Å². The van der Waals surface area contributed by atoms with E-state index in [4.69, 9.17) is 5.73 Å². The molecule has 1 aliphatic heterocycles. The summed E-state index contributed by atoms with van der Waals surface area (Å²) in [4.78, 5) is 25.5. The molecule has 1 aliphatic rings. The van der Waals surface area contributed by atoms with Crippen LogP contribution in [0.2, 0.25) is 0 Å². The Morgan fingerprint density at radius 3 is 2.32 bits per heavy atom. The molecule has 1 fully saturated rings. The van der Waals surface area contributed by atoms with Gasteiger partial charge in [0, 0.05) is 6.54 Å². The van der Waals surface area contributed by atoms with Crippen molar-refractivity contribution < 1.29 is 14.7 Å². The molecule has 2 atom stereocenters. The van der Waals surface area contributed by atoms with Crippen molar-refractivity contribution in [2.75, 3.05) is 6.54 Å². The van der Waals surface area contributed by atoms with Crippen LogP contribution in [0.4, 0.5) is 0 Å². The van der Waals surface area contributed by atoms with Crippen LogP contribution in [0.1, 0.15) is 47.5 Å². The highest BCUT2D eigenvalue weighted by Gasteiger charge is 2.46. The van der Waals surface area contributed by atoms with E-state index < -0.39 is 23.5 Å². The van der Waals surface area contributed by atoms with Gasteiger partial charge in [0.15, 0.2) is 0 Å². The molecule has 0 aliphatic carbocycles. The molecule has 0 saturated carbocycles. The monoisotopic (exact) mass is 270 g/mol. The summed E-state index contributed by atoms with van der Waals surface area (Å²) in [6, 6.07) is -1.47. The Balaban J connectivity index is 3.03. The maximum Gasteiger partial charge on any atom is 0.326 e. The zero-order valence-electron chi connectivity index (χ0n) is 12.6. The molecule has 0 radical (unpaired) electrons. The van der Waals surface area contributed by atoms with Crippen LogP contribution in [0.5, 0.6) is 0 Å². The Morgan fingerprint density at radius 1 is 1.37 bits per heavy atom. The van der Waals surface area contributed by atoms with Crippen molar-refractivity contribution in [2.45, 2.75) is 59.5 Å². The third-order valence-electron chi connectivity index (χ3n) is 3.99. The summed E-state index contributed by atoms with van der Waals surface area (Å²) in [7, 11) is 0. The highest BCUT2D eigenvalue weighted by Crippen LogP contribution is 2.36. The van der Waals surface area contributed by atoms with Crippen molar-refractivity contribution in [1.82, 2.24) is 4.90 Å². The second kappa shape index (κ2) is 5.12. The van der Waals surface area contributed by atoms with E-state index in [1.165, 1.54) is 4.90 Å². The highest BCUT2D eigenvalue weighted by molar-refractivity contribution is 5.88. The first-order valence-electron chi connectivity index (χ1n) is 6.77. The van der Waals surface area contributed by atoms with Gasteiger partial charge in [0.2, 0.25) is 5.91 Å². The fourth-order valence-corrected chi connectivity index (χ4v) is 2.65. The molecule has 0 spiro atoms. The molecule has 1 unspecified atom stereocenters. The molecule has 0 aromatic rings. The van der Waals surface area contributed by atoms with Gasteiger partial charge in [-0.2, -0.15) is 0 Å². The number of hydrogen-bond acceptors (Lipinski definition) is 3. The summed E-state index contributed by atoms with van der Waals surface area (Å²) in [6.45, 7) is 9.94. The van der Waals surface area contributed by atoms with E-state index in [0.717, 1.165) is 12.8 Å². The third kappa shape index (κ3) is 3.26. The second-order valence-corrected chi connectivity index (χ2v) is 7.21. The lowest BCUT2D eigenvalue weighted by Gasteiger charge is -2.45. The van der Waals surface area contributed by atoms with Crippen molar-refractivity contribution in [2.24, 2.45) is 16.6 Å². The van der Waals surface area contributed by atoms with Crippen LogP contribution in [0.3, 0.4) is 0 Å². The zero-order chi connectivity index (χ0) is 15.0. The van der Waals surface area contributed by atoms with E-state index in [1.807, 2.05) is 34.6 Å². The largest absolute Gasteiger partial charge is 0.480 e. The lowest BCUT2D eigenvalue weighted by Crippen LogP contribution is -2.61.